The number of carbonyl (C=O) groups is 1. The Kier molecular flexibility index (Phi) is 4.81. The van der Waals surface area contributed by atoms with E-state index in [1.807, 2.05) is 61.5 Å². The third-order valence-corrected chi connectivity index (χ3v) is 4.54. The van der Waals surface area contributed by atoms with Gasteiger partial charge in [-0.1, -0.05) is 12.1 Å². The van der Waals surface area contributed by atoms with E-state index in [9.17, 15) is 9.90 Å². The number of nitrogens with zero attached hydrogens (tertiary/aromatic N) is 2. The van der Waals surface area contributed by atoms with Gasteiger partial charge in [-0.2, -0.15) is 0 Å². The van der Waals surface area contributed by atoms with Gasteiger partial charge in [0.2, 0.25) is 0 Å². The summed E-state index contributed by atoms with van der Waals surface area (Å²) in [4.78, 5) is 19.1. The Bertz CT molecular complexity index is 697. The Morgan fingerprint density at radius 3 is 2.67 bits per heavy atom. The highest BCUT2D eigenvalue weighted by molar-refractivity contribution is 5.95. The van der Waals surface area contributed by atoms with Gasteiger partial charge < -0.3 is 15.3 Å². The Balaban J connectivity index is 1.79. The number of anilines is 1. The summed E-state index contributed by atoms with van der Waals surface area (Å²) in [6, 6.07) is 13.1. The third-order valence-electron chi connectivity index (χ3n) is 4.54. The highest BCUT2D eigenvalue weighted by atomic mass is 16.3. The van der Waals surface area contributed by atoms with E-state index < -0.39 is 0 Å². The summed E-state index contributed by atoms with van der Waals surface area (Å²) in [7, 11) is 3.90. The highest BCUT2D eigenvalue weighted by Crippen LogP contribution is 2.37. The Labute approximate surface area is 142 Å². The lowest BCUT2D eigenvalue weighted by Gasteiger charge is -2.37. The van der Waals surface area contributed by atoms with Crippen molar-refractivity contribution in [3.63, 3.8) is 0 Å². The summed E-state index contributed by atoms with van der Waals surface area (Å²) in [5.41, 5.74) is 2.45. The molecule has 1 saturated carbocycles. The number of benzene rings is 1. The number of rotatable bonds is 5. The van der Waals surface area contributed by atoms with Crippen molar-refractivity contribution in [2.45, 2.75) is 25.0 Å². The molecule has 0 unspecified atom stereocenters. The molecule has 1 aromatic heterocycles. The summed E-state index contributed by atoms with van der Waals surface area (Å²) in [5, 5.41) is 12.7. The van der Waals surface area contributed by atoms with Crippen LogP contribution in [-0.2, 0) is 0 Å². The topological polar surface area (TPSA) is 65.5 Å². The lowest BCUT2D eigenvalue weighted by atomic mass is 9.76. The summed E-state index contributed by atoms with van der Waals surface area (Å²) in [5.74, 6) is 0.103. The first kappa shape index (κ1) is 16.5. The number of carbonyl (C=O) groups excluding carboxylic acids is 1. The Morgan fingerprint density at radius 1 is 1.25 bits per heavy atom. The summed E-state index contributed by atoms with van der Waals surface area (Å²) >= 11 is 0. The quantitative estimate of drug-likeness (QED) is 0.886. The average Bonchev–Trinajstić information content (AvgIpc) is 2.58. The van der Waals surface area contributed by atoms with Crippen molar-refractivity contribution in [2.24, 2.45) is 5.92 Å². The van der Waals surface area contributed by atoms with Crippen LogP contribution in [0, 0.1) is 5.92 Å². The van der Waals surface area contributed by atoms with Crippen molar-refractivity contribution < 1.29 is 9.90 Å². The molecule has 1 aromatic carbocycles. The molecule has 1 aliphatic carbocycles. The third kappa shape index (κ3) is 3.57. The standard InChI is InChI=1S/C19H23N3O2/c1-22(2)15-7-5-6-13(10-15)19(24)21-18(14-11-16(23)12-14)17-8-3-4-9-20-17/h3-10,14,16,18,23H,11-12H2,1-2H3,(H,21,24)/t14?,16?,18-/m1/s1. The molecule has 0 radical (unpaired) electrons. The maximum Gasteiger partial charge on any atom is 0.251 e. The molecule has 2 N–H and O–H groups in total. The van der Waals surface area contributed by atoms with E-state index in [1.54, 1.807) is 6.20 Å². The maximum absolute atomic E-state index is 12.7. The maximum atomic E-state index is 12.7. The van der Waals surface area contributed by atoms with Crippen molar-refractivity contribution in [1.82, 2.24) is 10.3 Å². The first-order valence-corrected chi connectivity index (χ1v) is 8.22. The summed E-state index contributed by atoms with van der Waals surface area (Å²) in [6.45, 7) is 0. The van der Waals surface area contributed by atoms with E-state index in [1.165, 1.54) is 0 Å². The van der Waals surface area contributed by atoms with Crippen molar-refractivity contribution in [3.8, 4) is 0 Å². The molecule has 1 heterocycles. The van der Waals surface area contributed by atoms with Gasteiger partial charge in [0, 0.05) is 31.5 Å². The van der Waals surface area contributed by atoms with Crippen LogP contribution in [-0.4, -0.2) is 36.2 Å². The molecule has 1 aliphatic rings. The minimum atomic E-state index is -0.268. The van der Waals surface area contributed by atoms with Crippen LogP contribution in [0.15, 0.2) is 48.7 Å². The van der Waals surface area contributed by atoms with Gasteiger partial charge in [0.05, 0.1) is 17.8 Å². The van der Waals surface area contributed by atoms with Crippen LogP contribution in [0.1, 0.15) is 34.9 Å². The van der Waals surface area contributed by atoms with Crippen LogP contribution in [0.2, 0.25) is 0 Å². The van der Waals surface area contributed by atoms with Gasteiger partial charge in [-0.25, -0.2) is 0 Å². The number of pyridine rings is 1. The van der Waals surface area contributed by atoms with E-state index in [0.29, 0.717) is 18.4 Å². The van der Waals surface area contributed by atoms with Gasteiger partial charge in [0.1, 0.15) is 0 Å². The molecule has 24 heavy (non-hydrogen) atoms. The van der Waals surface area contributed by atoms with Crippen molar-refractivity contribution in [3.05, 3.63) is 59.9 Å². The van der Waals surface area contributed by atoms with Crippen molar-refractivity contribution in [1.29, 1.82) is 0 Å². The first-order valence-electron chi connectivity index (χ1n) is 8.22. The minimum absolute atomic E-state index is 0.115. The summed E-state index contributed by atoms with van der Waals surface area (Å²) in [6.07, 6.45) is 2.85. The SMILES string of the molecule is CN(C)c1cccc(C(=O)N[C@@H](c2ccccn2)C2CC(O)C2)c1. The largest absolute Gasteiger partial charge is 0.393 e. The van der Waals surface area contributed by atoms with E-state index in [-0.39, 0.29) is 24.0 Å². The second-order valence-electron chi connectivity index (χ2n) is 6.54. The van der Waals surface area contributed by atoms with Gasteiger partial charge in [0.15, 0.2) is 0 Å². The van der Waals surface area contributed by atoms with Crippen LogP contribution in [0.4, 0.5) is 5.69 Å². The van der Waals surface area contributed by atoms with Crippen LogP contribution < -0.4 is 10.2 Å². The normalized spacial score (nSPS) is 20.8. The lowest BCUT2D eigenvalue weighted by Crippen LogP contribution is -2.41. The monoisotopic (exact) mass is 325 g/mol. The fourth-order valence-electron chi connectivity index (χ4n) is 3.05. The van der Waals surface area contributed by atoms with Crippen molar-refractivity contribution >= 4 is 11.6 Å². The molecule has 0 bridgehead atoms. The van der Waals surface area contributed by atoms with E-state index in [4.69, 9.17) is 0 Å². The lowest BCUT2D eigenvalue weighted by molar-refractivity contribution is 0.0228. The van der Waals surface area contributed by atoms with Gasteiger partial charge in [0.25, 0.3) is 5.91 Å². The zero-order valence-corrected chi connectivity index (χ0v) is 14.0. The zero-order chi connectivity index (χ0) is 17.1. The van der Waals surface area contributed by atoms with Crippen LogP contribution in [0.5, 0.6) is 0 Å². The molecule has 5 nitrogen and oxygen atoms in total. The second kappa shape index (κ2) is 7.01. The predicted octanol–water partition coefficient (Wildman–Crippen LogP) is 2.39. The Hall–Kier alpha value is -2.40. The first-order chi connectivity index (χ1) is 11.5. The molecule has 3 rings (SSSR count). The van der Waals surface area contributed by atoms with Crippen LogP contribution in [0.25, 0.3) is 0 Å². The van der Waals surface area contributed by atoms with Crippen molar-refractivity contribution in [2.75, 3.05) is 19.0 Å². The van der Waals surface area contributed by atoms with Gasteiger partial charge in [-0.15, -0.1) is 0 Å². The molecule has 1 amide bonds. The molecule has 0 aliphatic heterocycles. The summed E-state index contributed by atoms with van der Waals surface area (Å²) < 4.78 is 0. The van der Waals surface area contributed by atoms with Crippen LogP contribution >= 0.6 is 0 Å². The van der Waals surface area contributed by atoms with E-state index in [2.05, 4.69) is 10.3 Å². The van der Waals surface area contributed by atoms with E-state index in [0.717, 1.165) is 11.4 Å². The molecule has 1 fully saturated rings. The van der Waals surface area contributed by atoms with Gasteiger partial charge in [-0.3, -0.25) is 9.78 Å². The predicted molar refractivity (Wildman–Crippen MR) is 93.9 cm³/mol. The molecule has 5 heteroatoms. The van der Waals surface area contributed by atoms with E-state index >= 15 is 0 Å². The molecule has 0 saturated heterocycles. The van der Waals surface area contributed by atoms with Gasteiger partial charge in [-0.05, 0) is 49.1 Å². The molecule has 1 atom stereocenters. The minimum Gasteiger partial charge on any atom is -0.393 e. The molecular formula is C19H23N3O2. The fraction of sp³-hybridized carbons (Fsp3) is 0.368. The average molecular weight is 325 g/mol. The number of hydrogen-bond acceptors (Lipinski definition) is 4. The fourth-order valence-corrected chi connectivity index (χ4v) is 3.05. The molecule has 2 aromatic rings. The number of nitrogens with one attached hydrogen (secondary N) is 1. The number of hydrogen-bond donors (Lipinski definition) is 2. The van der Waals surface area contributed by atoms with Gasteiger partial charge >= 0.3 is 0 Å². The zero-order valence-electron chi connectivity index (χ0n) is 14.0. The smallest absolute Gasteiger partial charge is 0.251 e. The number of aromatic nitrogens is 1. The molecule has 0 spiro atoms. The number of aliphatic hydroxyl groups is 1. The van der Waals surface area contributed by atoms with Crippen LogP contribution in [0.3, 0.4) is 0 Å². The highest BCUT2D eigenvalue weighted by Gasteiger charge is 2.36. The Morgan fingerprint density at radius 2 is 2.04 bits per heavy atom. The molecular weight excluding hydrogens is 302 g/mol. The number of aliphatic hydroxyl groups excluding tert-OH is 1. The number of amides is 1. The molecule has 126 valence electrons. The second-order valence-corrected chi connectivity index (χ2v) is 6.54.